The van der Waals surface area contributed by atoms with Gasteiger partial charge in [0.1, 0.15) is 5.69 Å². The van der Waals surface area contributed by atoms with Crippen molar-refractivity contribution in [3.8, 4) is 22.4 Å². The molecule has 4 aromatic rings. The second-order valence-electron chi connectivity index (χ2n) is 9.01. The van der Waals surface area contributed by atoms with Gasteiger partial charge in [-0.05, 0) is 73.5 Å². The highest BCUT2D eigenvalue weighted by molar-refractivity contribution is 5.90. The number of carboxylic acids is 1. The Labute approximate surface area is 205 Å². The van der Waals surface area contributed by atoms with E-state index in [4.69, 9.17) is 5.10 Å². The van der Waals surface area contributed by atoms with E-state index >= 15 is 0 Å². The molecule has 0 atom stereocenters. The summed E-state index contributed by atoms with van der Waals surface area (Å²) in [5.41, 5.74) is 7.96. The molecule has 0 aliphatic heterocycles. The third-order valence-corrected chi connectivity index (χ3v) is 6.66. The van der Waals surface area contributed by atoms with Crippen LogP contribution in [-0.4, -0.2) is 38.9 Å². The molecule has 2 aromatic carbocycles. The third kappa shape index (κ3) is 5.17. The van der Waals surface area contributed by atoms with Crippen molar-refractivity contribution in [1.82, 2.24) is 20.1 Å². The van der Waals surface area contributed by atoms with Gasteiger partial charge < -0.3 is 10.4 Å². The van der Waals surface area contributed by atoms with Crippen molar-refractivity contribution in [1.29, 1.82) is 0 Å². The summed E-state index contributed by atoms with van der Waals surface area (Å²) >= 11 is 0. The highest BCUT2D eigenvalue weighted by Gasteiger charge is 2.27. The summed E-state index contributed by atoms with van der Waals surface area (Å²) in [7, 11) is 0. The van der Waals surface area contributed by atoms with Crippen molar-refractivity contribution in [3.63, 3.8) is 0 Å². The minimum Gasteiger partial charge on any atom is -0.477 e. The predicted molar refractivity (Wildman–Crippen MR) is 138 cm³/mol. The number of aromatic carboxylic acids is 1. The van der Waals surface area contributed by atoms with Gasteiger partial charge in [0.15, 0.2) is 0 Å². The first kappa shape index (κ1) is 23.0. The van der Waals surface area contributed by atoms with Crippen LogP contribution in [0.1, 0.15) is 40.0 Å². The van der Waals surface area contributed by atoms with E-state index < -0.39 is 5.97 Å². The number of benzene rings is 2. The number of nitrogens with zero attached hydrogens (tertiary/aromatic N) is 3. The summed E-state index contributed by atoms with van der Waals surface area (Å²) in [6, 6.07) is 21.2. The van der Waals surface area contributed by atoms with Crippen LogP contribution in [0, 0.1) is 0 Å². The molecule has 0 saturated heterocycles. The van der Waals surface area contributed by atoms with Crippen molar-refractivity contribution < 1.29 is 9.90 Å². The molecule has 0 saturated carbocycles. The smallest absolute Gasteiger partial charge is 0.354 e. The lowest BCUT2D eigenvalue weighted by molar-refractivity contribution is 0.0681. The molecule has 35 heavy (non-hydrogen) atoms. The Morgan fingerprint density at radius 2 is 1.71 bits per heavy atom. The van der Waals surface area contributed by atoms with Crippen molar-refractivity contribution in [3.05, 3.63) is 95.4 Å². The molecule has 0 amide bonds. The van der Waals surface area contributed by atoms with Gasteiger partial charge in [-0.3, -0.25) is 9.67 Å². The number of hydrogen-bond donors (Lipinski definition) is 2. The molecule has 5 rings (SSSR count). The standard InChI is InChI=1S/C29H30N4O2/c34-29(35)28-26-14-13-24-20-31-18-15-25(24)27(26)32-33(28)19-5-17-30-16-4-6-21-9-11-23(12-10-21)22-7-2-1-3-8-22/h1-3,7-12,15,18,20,30H,4-6,13-14,16-17,19H2,(H,34,35). The number of aryl methyl sites for hydroxylation is 3. The topological polar surface area (TPSA) is 80.0 Å². The van der Waals surface area contributed by atoms with Crippen molar-refractivity contribution in [2.45, 2.75) is 38.6 Å². The first-order valence-corrected chi connectivity index (χ1v) is 12.3. The van der Waals surface area contributed by atoms with E-state index in [1.165, 1.54) is 16.7 Å². The Kier molecular flexibility index (Phi) is 7.00. The zero-order valence-corrected chi connectivity index (χ0v) is 19.8. The maximum Gasteiger partial charge on any atom is 0.354 e. The normalized spacial score (nSPS) is 12.2. The molecule has 6 heteroatoms. The number of pyridine rings is 1. The predicted octanol–water partition coefficient (Wildman–Crippen LogP) is 5.02. The lowest BCUT2D eigenvalue weighted by atomic mass is 9.90. The molecule has 0 spiro atoms. The van der Waals surface area contributed by atoms with Gasteiger partial charge >= 0.3 is 5.97 Å². The summed E-state index contributed by atoms with van der Waals surface area (Å²) in [4.78, 5) is 16.2. The molecule has 1 aliphatic rings. The molecular weight excluding hydrogens is 436 g/mol. The zero-order valence-electron chi connectivity index (χ0n) is 19.8. The molecule has 2 aromatic heterocycles. The number of aromatic nitrogens is 3. The van der Waals surface area contributed by atoms with E-state index in [2.05, 4.69) is 58.8 Å². The largest absolute Gasteiger partial charge is 0.477 e. The van der Waals surface area contributed by atoms with Crippen molar-refractivity contribution in [2.24, 2.45) is 0 Å². The van der Waals surface area contributed by atoms with Crippen molar-refractivity contribution >= 4 is 5.97 Å². The van der Waals surface area contributed by atoms with Crippen LogP contribution in [0.25, 0.3) is 22.4 Å². The first-order chi connectivity index (χ1) is 17.2. The molecule has 6 nitrogen and oxygen atoms in total. The van der Waals surface area contributed by atoms with Gasteiger partial charge in [0.2, 0.25) is 0 Å². The Hall–Kier alpha value is -3.77. The summed E-state index contributed by atoms with van der Waals surface area (Å²) < 4.78 is 1.68. The minimum absolute atomic E-state index is 0.335. The Morgan fingerprint density at radius 1 is 0.943 bits per heavy atom. The number of nitrogens with one attached hydrogen (secondary N) is 1. The summed E-state index contributed by atoms with van der Waals surface area (Å²) in [6.45, 7) is 2.35. The summed E-state index contributed by atoms with van der Waals surface area (Å²) in [5, 5.41) is 18.0. The molecular formula is C29H30N4O2. The fourth-order valence-electron chi connectivity index (χ4n) is 4.86. The van der Waals surface area contributed by atoms with E-state index in [9.17, 15) is 9.90 Å². The van der Waals surface area contributed by atoms with Gasteiger partial charge in [-0.2, -0.15) is 5.10 Å². The van der Waals surface area contributed by atoms with Crippen LogP contribution in [0.2, 0.25) is 0 Å². The van der Waals surface area contributed by atoms with Crippen LogP contribution < -0.4 is 5.32 Å². The van der Waals surface area contributed by atoms with E-state index in [1.807, 2.05) is 18.3 Å². The van der Waals surface area contributed by atoms with Crippen LogP contribution in [0.3, 0.4) is 0 Å². The quantitative estimate of drug-likeness (QED) is 0.321. The van der Waals surface area contributed by atoms with E-state index in [0.29, 0.717) is 18.7 Å². The first-order valence-electron chi connectivity index (χ1n) is 12.3. The highest BCUT2D eigenvalue weighted by Crippen LogP contribution is 2.34. The maximum absolute atomic E-state index is 12.0. The third-order valence-electron chi connectivity index (χ3n) is 6.66. The van der Waals surface area contributed by atoms with Crippen LogP contribution in [0.5, 0.6) is 0 Å². The molecule has 1 aliphatic carbocycles. The van der Waals surface area contributed by atoms with Gasteiger partial charge in [0, 0.05) is 30.1 Å². The van der Waals surface area contributed by atoms with Crippen LogP contribution >= 0.6 is 0 Å². The SMILES string of the molecule is O=C(O)c1c2c(nn1CCCNCCCc1ccc(-c3ccccc3)cc1)-c1ccncc1CC2. The van der Waals surface area contributed by atoms with Gasteiger partial charge in [0.25, 0.3) is 0 Å². The number of rotatable bonds is 10. The van der Waals surface area contributed by atoms with E-state index in [0.717, 1.165) is 61.2 Å². The molecule has 2 N–H and O–H groups in total. The maximum atomic E-state index is 12.0. The molecule has 0 bridgehead atoms. The van der Waals surface area contributed by atoms with Crippen LogP contribution in [-0.2, 0) is 25.8 Å². The monoisotopic (exact) mass is 466 g/mol. The van der Waals surface area contributed by atoms with Gasteiger partial charge in [-0.15, -0.1) is 0 Å². The fourth-order valence-corrected chi connectivity index (χ4v) is 4.86. The van der Waals surface area contributed by atoms with Crippen molar-refractivity contribution in [2.75, 3.05) is 13.1 Å². The molecule has 0 unspecified atom stereocenters. The van der Waals surface area contributed by atoms with E-state index in [1.54, 1.807) is 10.9 Å². The van der Waals surface area contributed by atoms with Gasteiger partial charge in [-0.1, -0.05) is 54.6 Å². The van der Waals surface area contributed by atoms with Gasteiger partial charge in [0.05, 0.1) is 5.69 Å². The second-order valence-corrected chi connectivity index (χ2v) is 9.01. The fraction of sp³-hybridized carbons (Fsp3) is 0.276. The van der Waals surface area contributed by atoms with Crippen LogP contribution in [0.15, 0.2) is 73.1 Å². The van der Waals surface area contributed by atoms with Crippen LogP contribution in [0.4, 0.5) is 0 Å². The Bertz CT molecular complexity index is 1300. The lowest BCUT2D eigenvalue weighted by Gasteiger charge is -2.14. The molecule has 0 radical (unpaired) electrons. The Morgan fingerprint density at radius 3 is 2.51 bits per heavy atom. The average molecular weight is 467 g/mol. The van der Waals surface area contributed by atoms with Gasteiger partial charge in [-0.25, -0.2) is 4.79 Å². The highest BCUT2D eigenvalue weighted by atomic mass is 16.4. The Balaban J connectivity index is 1.09. The summed E-state index contributed by atoms with van der Waals surface area (Å²) in [5.74, 6) is -0.900. The molecule has 178 valence electrons. The number of hydrogen-bond acceptors (Lipinski definition) is 4. The molecule has 2 heterocycles. The molecule has 0 fully saturated rings. The summed E-state index contributed by atoms with van der Waals surface area (Å²) in [6.07, 6.45) is 8.03. The van der Waals surface area contributed by atoms with E-state index in [-0.39, 0.29) is 0 Å². The number of carbonyl (C=O) groups is 1. The number of fused-ring (bicyclic) bond motifs is 3. The minimum atomic E-state index is -0.900. The zero-order chi connectivity index (χ0) is 24.0. The second kappa shape index (κ2) is 10.7. The lowest BCUT2D eigenvalue weighted by Crippen LogP contribution is -2.20. The number of carboxylic acid groups (broad SMARTS) is 1. The average Bonchev–Trinajstić information content (AvgIpc) is 3.28.